The van der Waals surface area contributed by atoms with Gasteiger partial charge in [-0.3, -0.25) is 0 Å². The fraction of sp³-hybridized carbons (Fsp3) is 0.538. The molecule has 1 unspecified atom stereocenters. The minimum Gasteiger partial charge on any atom is -0.395 e. The van der Waals surface area contributed by atoms with Crippen LogP contribution in [0.4, 0.5) is 0 Å². The van der Waals surface area contributed by atoms with E-state index in [2.05, 4.69) is 20.7 Å². The third-order valence-electron chi connectivity index (χ3n) is 3.11. The highest BCUT2D eigenvalue weighted by Gasteiger charge is 2.24. The topological polar surface area (TPSA) is 66.4 Å². The fourth-order valence-electron chi connectivity index (χ4n) is 2.09. The highest BCUT2D eigenvalue weighted by Crippen LogP contribution is 2.30. The summed E-state index contributed by atoms with van der Waals surface area (Å²) in [6.07, 6.45) is 0.543. The van der Waals surface area contributed by atoms with E-state index in [9.17, 15) is 8.42 Å². The summed E-state index contributed by atoms with van der Waals surface area (Å²) in [5.74, 6) is 0. The van der Waals surface area contributed by atoms with Crippen molar-refractivity contribution in [3.05, 3.63) is 27.2 Å². The van der Waals surface area contributed by atoms with Gasteiger partial charge in [0.15, 0.2) is 0 Å². The lowest BCUT2D eigenvalue weighted by Crippen LogP contribution is -2.37. The zero-order valence-electron chi connectivity index (χ0n) is 11.6. The van der Waals surface area contributed by atoms with Crippen LogP contribution < -0.4 is 4.72 Å². The Bertz CT molecular complexity index is 566. The minimum absolute atomic E-state index is 0.207. The number of benzene rings is 1. The molecule has 19 heavy (non-hydrogen) atoms. The van der Waals surface area contributed by atoms with Crippen molar-refractivity contribution >= 4 is 26.0 Å². The van der Waals surface area contributed by atoms with E-state index in [4.69, 9.17) is 5.11 Å². The molecule has 1 rings (SSSR count). The summed E-state index contributed by atoms with van der Waals surface area (Å²) in [6.45, 7) is 7.10. The maximum atomic E-state index is 12.4. The van der Waals surface area contributed by atoms with Crippen molar-refractivity contribution < 1.29 is 13.5 Å². The van der Waals surface area contributed by atoms with Gasteiger partial charge in [-0.25, -0.2) is 13.1 Å². The van der Waals surface area contributed by atoms with Gasteiger partial charge < -0.3 is 5.11 Å². The molecule has 6 heteroatoms. The van der Waals surface area contributed by atoms with Crippen LogP contribution in [0.1, 0.15) is 30.0 Å². The number of hydrogen-bond donors (Lipinski definition) is 2. The summed E-state index contributed by atoms with van der Waals surface area (Å²) >= 11 is 3.42. The van der Waals surface area contributed by atoms with Gasteiger partial charge in [0.25, 0.3) is 0 Å². The smallest absolute Gasteiger partial charge is 0.241 e. The van der Waals surface area contributed by atoms with Gasteiger partial charge in [0, 0.05) is 10.5 Å². The summed E-state index contributed by atoms with van der Waals surface area (Å²) in [5, 5.41) is 9.14. The van der Waals surface area contributed by atoms with Gasteiger partial charge in [-0.05, 0) is 43.9 Å². The van der Waals surface area contributed by atoms with Gasteiger partial charge in [0.2, 0.25) is 10.0 Å². The second-order valence-corrected chi connectivity index (χ2v) is 7.13. The average Bonchev–Trinajstić information content (AvgIpc) is 2.32. The van der Waals surface area contributed by atoms with Crippen molar-refractivity contribution in [2.24, 2.45) is 0 Å². The second-order valence-electron chi connectivity index (χ2n) is 4.69. The Hall–Kier alpha value is -0.430. The lowest BCUT2D eigenvalue weighted by atomic mass is 10.1. The van der Waals surface area contributed by atoms with Gasteiger partial charge in [0.1, 0.15) is 0 Å². The van der Waals surface area contributed by atoms with E-state index in [0.717, 1.165) is 10.0 Å². The summed E-state index contributed by atoms with van der Waals surface area (Å²) in [6, 6.07) is 1.38. The van der Waals surface area contributed by atoms with Crippen molar-refractivity contribution in [2.45, 2.75) is 45.1 Å². The highest BCUT2D eigenvalue weighted by molar-refractivity contribution is 9.10. The lowest BCUT2D eigenvalue weighted by Gasteiger charge is -2.18. The molecule has 108 valence electrons. The van der Waals surface area contributed by atoms with Gasteiger partial charge in [0.05, 0.1) is 11.5 Å². The number of sulfonamides is 1. The van der Waals surface area contributed by atoms with Gasteiger partial charge in [-0.2, -0.15) is 0 Å². The first-order chi connectivity index (χ1) is 8.74. The number of nitrogens with one attached hydrogen (secondary N) is 1. The summed E-state index contributed by atoms with van der Waals surface area (Å²) in [4.78, 5) is 0.289. The largest absolute Gasteiger partial charge is 0.395 e. The molecule has 0 amide bonds. The van der Waals surface area contributed by atoms with Crippen LogP contribution >= 0.6 is 15.9 Å². The van der Waals surface area contributed by atoms with Crippen LogP contribution in [0.2, 0.25) is 0 Å². The van der Waals surface area contributed by atoms with Crippen molar-refractivity contribution in [3.63, 3.8) is 0 Å². The molecule has 0 fully saturated rings. The van der Waals surface area contributed by atoms with Crippen LogP contribution in [-0.2, 0) is 10.0 Å². The number of halogens is 1. The van der Waals surface area contributed by atoms with Crippen molar-refractivity contribution in [3.8, 4) is 0 Å². The van der Waals surface area contributed by atoms with E-state index >= 15 is 0 Å². The third-order valence-corrected chi connectivity index (χ3v) is 6.14. The van der Waals surface area contributed by atoms with E-state index in [1.165, 1.54) is 0 Å². The molecule has 0 bridgehead atoms. The first-order valence-corrected chi connectivity index (χ1v) is 8.41. The first kappa shape index (κ1) is 16.6. The molecule has 0 saturated carbocycles. The number of rotatable bonds is 5. The lowest BCUT2D eigenvalue weighted by molar-refractivity contribution is 0.254. The molecule has 0 saturated heterocycles. The Balaban J connectivity index is 3.34. The number of aryl methyl sites for hydroxylation is 2. The second kappa shape index (κ2) is 6.35. The molecule has 4 nitrogen and oxygen atoms in total. The summed E-state index contributed by atoms with van der Waals surface area (Å²) in [5.41, 5.74) is 2.40. The first-order valence-electron chi connectivity index (χ1n) is 6.14. The Morgan fingerprint density at radius 2 is 1.89 bits per heavy atom. The number of aliphatic hydroxyl groups is 1. The maximum absolute atomic E-state index is 12.4. The van der Waals surface area contributed by atoms with Crippen molar-refractivity contribution in [1.82, 2.24) is 4.72 Å². The molecule has 1 atom stereocenters. The zero-order chi connectivity index (χ0) is 14.8. The van der Waals surface area contributed by atoms with Gasteiger partial charge in [-0.1, -0.05) is 28.9 Å². The van der Waals surface area contributed by atoms with Crippen LogP contribution in [0.15, 0.2) is 15.4 Å². The van der Waals surface area contributed by atoms with E-state index in [-0.39, 0.29) is 11.5 Å². The molecule has 0 heterocycles. The molecule has 1 aromatic carbocycles. The molecule has 0 aliphatic carbocycles. The Kier molecular flexibility index (Phi) is 5.55. The van der Waals surface area contributed by atoms with E-state index in [1.807, 2.05) is 19.9 Å². The van der Waals surface area contributed by atoms with Crippen LogP contribution in [0.25, 0.3) is 0 Å². The standard InChI is InChI=1S/C13H20BrNO3S/c1-5-11(7-16)15-19(17,18)13-9(3)6-8(2)12(14)10(13)4/h6,11,15-16H,5,7H2,1-4H3. The highest BCUT2D eigenvalue weighted by atomic mass is 79.9. The Morgan fingerprint density at radius 1 is 1.32 bits per heavy atom. The van der Waals surface area contributed by atoms with Gasteiger partial charge in [-0.15, -0.1) is 0 Å². The SMILES string of the molecule is CCC(CO)NS(=O)(=O)c1c(C)cc(C)c(Br)c1C. The average molecular weight is 350 g/mol. The summed E-state index contributed by atoms with van der Waals surface area (Å²) < 4.78 is 28.2. The molecular weight excluding hydrogens is 330 g/mol. The van der Waals surface area contributed by atoms with Crippen molar-refractivity contribution in [2.75, 3.05) is 6.61 Å². The fourth-order valence-corrected chi connectivity index (χ4v) is 4.32. The Labute approximate surface area is 123 Å². The molecule has 0 aliphatic heterocycles. The molecule has 0 spiro atoms. The maximum Gasteiger partial charge on any atom is 0.241 e. The monoisotopic (exact) mass is 349 g/mol. The summed E-state index contributed by atoms with van der Waals surface area (Å²) in [7, 11) is -3.62. The quantitative estimate of drug-likeness (QED) is 0.857. The molecule has 1 aromatic rings. The minimum atomic E-state index is -3.62. The molecule has 0 aliphatic rings. The van der Waals surface area contributed by atoms with E-state index in [1.54, 1.807) is 13.8 Å². The molecule has 2 N–H and O–H groups in total. The molecule has 0 aromatic heterocycles. The van der Waals surface area contributed by atoms with E-state index < -0.39 is 16.1 Å². The van der Waals surface area contributed by atoms with Crippen LogP contribution in [0, 0.1) is 20.8 Å². The van der Waals surface area contributed by atoms with Crippen LogP contribution in [0.5, 0.6) is 0 Å². The Morgan fingerprint density at radius 3 is 2.37 bits per heavy atom. The van der Waals surface area contributed by atoms with Gasteiger partial charge >= 0.3 is 0 Å². The van der Waals surface area contributed by atoms with Crippen molar-refractivity contribution in [1.29, 1.82) is 0 Å². The number of aliphatic hydroxyl groups excluding tert-OH is 1. The number of hydrogen-bond acceptors (Lipinski definition) is 3. The van der Waals surface area contributed by atoms with Crippen LogP contribution in [-0.4, -0.2) is 26.2 Å². The van der Waals surface area contributed by atoms with E-state index in [0.29, 0.717) is 17.5 Å². The zero-order valence-corrected chi connectivity index (χ0v) is 14.0. The molecular formula is C13H20BrNO3S. The normalized spacial score (nSPS) is 13.6. The van der Waals surface area contributed by atoms with Crippen LogP contribution in [0.3, 0.4) is 0 Å². The predicted octanol–water partition coefficient (Wildman–Crippen LogP) is 2.42. The predicted molar refractivity (Wildman–Crippen MR) is 79.8 cm³/mol. The third kappa shape index (κ3) is 3.56. The molecule has 0 radical (unpaired) electrons.